The predicted octanol–water partition coefficient (Wildman–Crippen LogP) is 3.96. The first-order chi connectivity index (χ1) is 13.7. The molecule has 3 aromatic carbocycles. The lowest BCUT2D eigenvalue weighted by atomic mass is 10.1. The Bertz CT molecular complexity index is 1020. The number of carbonyl (C=O) groups is 2. The number of carbonyl (C=O) groups excluding carboxylic acids is 2. The van der Waals surface area contributed by atoms with E-state index < -0.39 is 0 Å². The van der Waals surface area contributed by atoms with Crippen molar-refractivity contribution in [3.05, 3.63) is 83.9 Å². The second-order valence-electron chi connectivity index (χ2n) is 6.21. The summed E-state index contributed by atoms with van der Waals surface area (Å²) in [5.41, 5.74) is 2.13. The molecule has 0 unspecified atom stereocenters. The van der Waals surface area contributed by atoms with Gasteiger partial charge in [-0.3, -0.25) is 9.59 Å². The largest absolute Gasteiger partial charge is 0.486 e. The van der Waals surface area contributed by atoms with Crippen molar-refractivity contribution in [1.82, 2.24) is 0 Å². The van der Waals surface area contributed by atoms with Crippen LogP contribution in [-0.4, -0.2) is 25.0 Å². The lowest BCUT2D eigenvalue weighted by Crippen LogP contribution is -2.17. The molecule has 2 N–H and O–H groups in total. The van der Waals surface area contributed by atoms with Gasteiger partial charge in [-0.15, -0.1) is 0 Å². The van der Waals surface area contributed by atoms with Gasteiger partial charge in [0.2, 0.25) is 0 Å². The minimum atomic E-state index is -0.285. The number of rotatable bonds is 4. The molecule has 0 aliphatic carbocycles. The molecule has 2 amide bonds. The fraction of sp³-hybridized carbons (Fsp3) is 0.0909. The smallest absolute Gasteiger partial charge is 0.255 e. The highest BCUT2D eigenvalue weighted by Crippen LogP contribution is 2.32. The Kier molecular flexibility index (Phi) is 4.93. The van der Waals surface area contributed by atoms with Gasteiger partial charge in [0.15, 0.2) is 11.5 Å². The van der Waals surface area contributed by atoms with Crippen LogP contribution in [0.5, 0.6) is 11.5 Å². The van der Waals surface area contributed by atoms with E-state index in [-0.39, 0.29) is 11.8 Å². The van der Waals surface area contributed by atoms with Gasteiger partial charge < -0.3 is 20.1 Å². The van der Waals surface area contributed by atoms with Gasteiger partial charge in [-0.1, -0.05) is 24.3 Å². The first-order valence-electron chi connectivity index (χ1n) is 8.86. The molecule has 3 aromatic rings. The number of amides is 2. The van der Waals surface area contributed by atoms with Gasteiger partial charge in [0.05, 0.1) is 0 Å². The molecule has 1 aliphatic heterocycles. The third kappa shape index (κ3) is 3.96. The van der Waals surface area contributed by atoms with E-state index in [2.05, 4.69) is 10.6 Å². The molecule has 6 heteroatoms. The molecule has 1 heterocycles. The number of hydrogen-bond donors (Lipinski definition) is 2. The average Bonchev–Trinajstić information content (AvgIpc) is 2.74. The van der Waals surface area contributed by atoms with E-state index in [0.717, 1.165) is 0 Å². The average molecular weight is 374 g/mol. The third-order valence-electron chi connectivity index (χ3n) is 4.22. The quantitative estimate of drug-likeness (QED) is 0.725. The SMILES string of the molecule is O=C(Nc1cccc(C(=O)Nc2ccc3c(c2)OCCO3)c1)c1ccccc1. The van der Waals surface area contributed by atoms with Gasteiger partial charge in [0, 0.05) is 28.6 Å². The summed E-state index contributed by atoms with van der Waals surface area (Å²) >= 11 is 0. The molecule has 1 aliphatic rings. The van der Waals surface area contributed by atoms with Crippen LogP contribution in [0.1, 0.15) is 20.7 Å². The summed E-state index contributed by atoms with van der Waals surface area (Å²) in [6.07, 6.45) is 0. The molecular formula is C22H18N2O4. The summed E-state index contributed by atoms with van der Waals surface area (Å²) in [7, 11) is 0. The molecule has 28 heavy (non-hydrogen) atoms. The van der Waals surface area contributed by atoms with Crippen molar-refractivity contribution < 1.29 is 19.1 Å². The first-order valence-corrected chi connectivity index (χ1v) is 8.86. The van der Waals surface area contributed by atoms with E-state index in [4.69, 9.17) is 9.47 Å². The van der Waals surface area contributed by atoms with Crippen LogP contribution < -0.4 is 20.1 Å². The highest BCUT2D eigenvalue weighted by Gasteiger charge is 2.14. The van der Waals surface area contributed by atoms with Gasteiger partial charge in [0.1, 0.15) is 13.2 Å². The van der Waals surface area contributed by atoms with E-state index >= 15 is 0 Å². The molecule has 0 atom stereocenters. The summed E-state index contributed by atoms with van der Waals surface area (Å²) in [5.74, 6) is 0.750. The molecule has 0 saturated carbocycles. The standard InChI is InChI=1S/C22H18N2O4/c25-21(15-5-2-1-3-6-15)23-17-8-4-7-16(13-17)22(26)24-18-9-10-19-20(14-18)28-12-11-27-19/h1-10,13-14H,11-12H2,(H,23,25)(H,24,26). The Morgan fingerprint density at radius 1 is 0.643 bits per heavy atom. The summed E-state index contributed by atoms with van der Waals surface area (Å²) < 4.78 is 11.0. The van der Waals surface area contributed by atoms with Gasteiger partial charge in [-0.05, 0) is 42.5 Å². The molecule has 6 nitrogen and oxygen atoms in total. The van der Waals surface area contributed by atoms with Gasteiger partial charge in [-0.2, -0.15) is 0 Å². The minimum Gasteiger partial charge on any atom is -0.486 e. The van der Waals surface area contributed by atoms with Crippen molar-refractivity contribution >= 4 is 23.2 Å². The van der Waals surface area contributed by atoms with Crippen molar-refractivity contribution in [1.29, 1.82) is 0 Å². The predicted molar refractivity (Wildman–Crippen MR) is 106 cm³/mol. The van der Waals surface area contributed by atoms with Crippen molar-refractivity contribution in [3.8, 4) is 11.5 Å². The summed E-state index contributed by atoms with van der Waals surface area (Å²) in [4.78, 5) is 24.9. The van der Waals surface area contributed by atoms with Crippen LogP contribution >= 0.6 is 0 Å². The summed E-state index contributed by atoms with van der Waals surface area (Å²) in [6.45, 7) is 0.994. The number of ether oxygens (including phenoxy) is 2. The van der Waals surface area contributed by atoms with Crippen LogP contribution in [0, 0.1) is 0 Å². The normalized spacial score (nSPS) is 12.1. The first kappa shape index (κ1) is 17.6. The maximum absolute atomic E-state index is 12.6. The zero-order valence-corrected chi connectivity index (χ0v) is 15.0. The highest BCUT2D eigenvalue weighted by molar-refractivity contribution is 6.07. The van der Waals surface area contributed by atoms with Crippen molar-refractivity contribution in [2.45, 2.75) is 0 Å². The summed E-state index contributed by atoms with van der Waals surface area (Å²) in [5, 5.41) is 5.64. The number of anilines is 2. The van der Waals surface area contributed by atoms with Crippen molar-refractivity contribution in [2.24, 2.45) is 0 Å². The topological polar surface area (TPSA) is 76.7 Å². The number of fused-ring (bicyclic) bond motifs is 1. The summed E-state index contributed by atoms with van der Waals surface area (Å²) in [6, 6.07) is 20.9. The maximum Gasteiger partial charge on any atom is 0.255 e. The Balaban J connectivity index is 1.46. The molecule has 4 rings (SSSR count). The van der Waals surface area contributed by atoms with Crippen molar-refractivity contribution in [3.63, 3.8) is 0 Å². The Hall–Kier alpha value is -3.80. The molecule has 0 radical (unpaired) electrons. The van der Waals surface area contributed by atoms with Gasteiger partial charge in [0.25, 0.3) is 11.8 Å². The second kappa shape index (κ2) is 7.84. The zero-order chi connectivity index (χ0) is 19.3. The lowest BCUT2D eigenvalue weighted by molar-refractivity contribution is 0.101. The molecule has 0 bridgehead atoms. The van der Waals surface area contributed by atoms with Crippen LogP contribution in [0.25, 0.3) is 0 Å². The number of hydrogen-bond acceptors (Lipinski definition) is 4. The molecular weight excluding hydrogens is 356 g/mol. The molecule has 0 fully saturated rings. The Morgan fingerprint density at radius 2 is 1.29 bits per heavy atom. The van der Waals surface area contributed by atoms with Gasteiger partial charge >= 0.3 is 0 Å². The number of nitrogens with one attached hydrogen (secondary N) is 2. The van der Waals surface area contributed by atoms with Crippen LogP contribution in [0.2, 0.25) is 0 Å². The van der Waals surface area contributed by atoms with Crippen LogP contribution in [0.3, 0.4) is 0 Å². The monoisotopic (exact) mass is 374 g/mol. The maximum atomic E-state index is 12.6. The fourth-order valence-corrected chi connectivity index (χ4v) is 2.86. The molecule has 0 saturated heterocycles. The van der Waals surface area contributed by atoms with E-state index in [1.54, 1.807) is 66.7 Å². The fourth-order valence-electron chi connectivity index (χ4n) is 2.86. The molecule has 0 spiro atoms. The van der Waals surface area contributed by atoms with E-state index in [1.807, 2.05) is 6.07 Å². The molecule has 140 valence electrons. The van der Waals surface area contributed by atoms with E-state index in [0.29, 0.717) is 47.2 Å². The van der Waals surface area contributed by atoms with Crippen LogP contribution in [-0.2, 0) is 0 Å². The molecule has 0 aromatic heterocycles. The Morgan fingerprint density at radius 3 is 2.07 bits per heavy atom. The van der Waals surface area contributed by atoms with E-state index in [1.165, 1.54) is 0 Å². The van der Waals surface area contributed by atoms with Crippen LogP contribution in [0.15, 0.2) is 72.8 Å². The second-order valence-corrected chi connectivity index (χ2v) is 6.21. The van der Waals surface area contributed by atoms with Crippen LogP contribution in [0.4, 0.5) is 11.4 Å². The van der Waals surface area contributed by atoms with Crippen molar-refractivity contribution in [2.75, 3.05) is 23.8 Å². The van der Waals surface area contributed by atoms with Gasteiger partial charge in [-0.25, -0.2) is 0 Å². The third-order valence-corrected chi connectivity index (χ3v) is 4.22. The van der Waals surface area contributed by atoms with E-state index in [9.17, 15) is 9.59 Å². The zero-order valence-electron chi connectivity index (χ0n) is 15.0. The minimum absolute atomic E-state index is 0.231. The number of benzene rings is 3. The Labute approximate surface area is 162 Å². The lowest BCUT2D eigenvalue weighted by Gasteiger charge is -2.19. The highest BCUT2D eigenvalue weighted by atomic mass is 16.6.